The zero-order valence-electron chi connectivity index (χ0n) is 10.6. The van der Waals surface area contributed by atoms with Crippen molar-refractivity contribution in [2.45, 2.75) is 19.8 Å². The van der Waals surface area contributed by atoms with Gasteiger partial charge in [-0.2, -0.15) is 0 Å². The first-order valence-electron chi connectivity index (χ1n) is 6.19. The first-order chi connectivity index (χ1) is 8.28. The Balaban J connectivity index is 2.09. The van der Waals surface area contributed by atoms with Gasteiger partial charge in [0.25, 0.3) is 0 Å². The van der Waals surface area contributed by atoms with Crippen molar-refractivity contribution < 1.29 is 9.31 Å². The zero-order valence-corrected chi connectivity index (χ0v) is 10.6. The van der Waals surface area contributed by atoms with Gasteiger partial charge in [0.15, 0.2) is 6.21 Å². The number of allylic oxidation sites excluding steroid dienone is 1. The van der Waals surface area contributed by atoms with Crippen LogP contribution in [0.1, 0.15) is 24.0 Å². The molecule has 2 heteroatoms. The topological polar surface area (TPSA) is 12.2 Å². The molecule has 0 aromatic heterocycles. The minimum absolute atomic E-state index is 0.922. The molecular formula is C15H20NO+. The Morgan fingerprint density at radius 3 is 2.65 bits per heavy atom. The molecule has 17 heavy (non-hydrogen) atoms. The monoisotopic (exact) mass is 230 g/mol. The zero-order chi connectivity index (χ0) is 12.1. The van der Waals surface area contributed by atoms with Crippen molar-refractivity contribution in [3.05, 3.63) is 35.4 Å². The van der Waals surface area contributed by atoms with Crippen molar-refractivity contribution in [1.82, 2.24) is 0 Å². The summed E-state index contributed by atoms with van der Waals surface area (Å²) in [7, 11) is 1.71. The molecule has 2 rings (SSSR count). The minimum Gasteiger partial charge on any atom is -0.497 e. The lowest BCUT2D eigenvalue weighted by Crippen LogP contribution is -2.05. The number of ether oxygens (including phenoxy) is 1. The Hall–Kier alpha value is -1.57. The second-order valence-corrected chi connectivity index (χ2v) is 4.53. The summed E-state index contributed by atoms with van der Waals surface area (Å²) in [5.74, 6) is 0.922. The summed E-state index contributed by atoms with van der Waals surface area (Å²) < 4.78 is 7.63. The van der Waals surface area contributed by atoms with Gasteiger partial charge in [-0.3, -0.25) is 0 Å². The second kappa shape index (κ2) is 5.67. The van der Waals surface area contributed by atoms with E-state index in [4.69, 9.17) is 4.74 Å². The predicted octanol–water partition coefficient (Wildman–Crippen LogP) is 2.89. The molecule has 1 aliphatic rings. The van der Waals surface area contributed by atoms with Crippen LogP contribution < -0.4 is 4.74 Å². The van der Waals surface area contributed by atoms with Crippen molar-refractivity contribution >= 4 is 12.3 Å². The first kappa shape index (κ1) is 11.9. The fraction of sp³-hybridized carbons (Fsp3) is 0.400. The fourth-order valence-corrected chi connectivity index (χ4v) is 2.16. The summed E-state index contributed by atoms with van der Waals surface area (Å²) >= 11 is 0. The number of hydrogen-bond acceptors (Lipinski definition) is 1. The molecule has 1 aromatic carbocycles. The summed E-state index contributed by atoms with van der Waals surface area (Å²) in [6.45, 7) is 4.48. The van der Waals surface area contributed by atoms with E-state index in [2.05, 4.69) is 42.0 Å². The SMILES string of the molecule is COc1cc(C)cc(/C=C/C=[N+]2CCCC2)c1. The van der Waals surface area contributed by atoms with Crippen LogP contribution in [0.4, 0.5) is 0 Å². The van der Waals surface area contributed by atoms with Crippen LogP contribution in [0.5, 0.6) is 5.75 Å². The molecule has 0 amide bonds. The first-order valence-corrected chi connectivity index (χ1v) is 6.19. The van der Waals surface area contributed by atoms with E-state index in [9.17, 15) is 0 Å². The van der Waals surface area contributed by atoms with E-state index in [1.807, 2.05) is 6.07 Å². The highest BCUT2D eigenvalue weighted by molar-refractivity contribution is 5.75. The van der Waals surface area contributed by atoms with Crippen molar-refractivity contribution in [3.8, 4) is 5.75 Å². The van der Waals surface area contributed by atoms with Gasteiger partial charge < -0.3 is 4.74 Å². The van der Waals surface area contributed by atoms with Crippen molar-refractivity contribution in [2.24, 2.45) is 0 Å². The molecule has 0 bridgehead atoms. The largest absolute Gasteiger partial charge is 0.497 e. The summed E-state index contributed by atoms with van der Waals surface area (Å²) in [5, 5.41) is 0. The lowest BCUT2D eigenvalue weighted by molar-refractivity contribution is -0.500. The Bertz CT molecular complexity index is 438. The third-order valence-electron chi connectivity index (χ3n) is 3.04. The van der Waals surface area contributed by atoms with Crippen molar-refractivity contribution in [1.29, 1.82) is 0 Å². The van der Waals surface area contributed by atoms with Crippen LogP contribution in [0.2, 0.25) is 0 Å². The third-order valence-corrected chi connectivity index (χ3v) is 3.04. The fourth-order valence-electron chi connectivity index (χ4n) is 2.16. The van der Waals surface area contributed by atoms with Gasteiger partial charge >= 0.3 is 0 Å². The Kier molecular flexibility index (Phi) is 3.97. The van der Waals surface area contributed by atoms with Crippen molar-refractivity contribution in [3.63, 3.8) is 0 Å². The van der Waals surface area contributed by atoms with Crippen LogP contribution in [0.15, 0.2) is 24.3 Å². The average molecular weight is 230 g/mol. The average Bonchev–Trinajstić information content (AvgIpc) is 2.81. The predicted molar refractivity (Wildman–Crippen MR) is 72.1 cm³/mol. The Morgan fingerprint density at radius 1 is 1.18 bits per heavy atom. The molecule has 0 aliphatic carbocycles. The van der Waals surface area contributed by atoms with Gasteiger partial charge in [0.05, 0.1) is 7.11 Å². The van der Waals surface area contributed by atoms with Crippen LogP contribution in [-0.4, -0.2) is 31.0 Å². The summed E-state index contributed by atoms with van der Waals surface area (Å²) in [6.07, 6.45) is 9.08. The smallest absolute Gasteiger partial charge is 0.163 e. The quantitative estimate of drug-likeness (QED) is 0.727. The molecule has 90 valence electrons. The van der Waals surface area contributed by atoms with Gasteiger partial charge in [-0.15, -0.1) is 0 Å². The van der Waals surface area contributed by atoms with Crippen LogP contribution in [-0.2, 0) is 0 Å². The number of methoxy groups -OCH3 is 1. The Labute approximate surface area is 103 Å². The lowest BCUT2D eigenvalue weighted by atomic mass is 10.1. The van der Waals surface area contributed by atoms with Gasteiger partial charge in [-0.05, 0) is 36.3 Å². The lowest BCUT2D eigenvalue weighted by Gasteiger charge is -2.02. The third kappa shape index (κ3) is 3.45. The van der Waals surface area contributed by atoms with E-state index in [0.29, 0.717) is 0 Å². The molecule has 2 nitrogen and oxygen atoms in total. The molecule has 1 saturated heterocycles. The molecule has 1 fully saturated rings. The number of hydrogen-bond donors (Lipinski definition) is 0. The summed E-state index contributed by atoms with van der Waals surface area (Å²) in [5.41, 5.74) is 2.42. The van der Waals surface area contributed by atoms with Gasteiger partial charge in [0, 0.05) is 18.9 Å². The van der Waals surface area contributed by atoms with Crippen LogP contribution in [0, 0.1) is 6.92 Å². The summed E-state index contributed by atoms with van der Waals surface area (Å²) in [4.78, 5) is 0. The number of rotatable bonds is 3. The van der Waals surface area contributed by atoms with E-state index in [1.165, 1.54) is 37.1 Å². The molecule has 0 unspecified atom stereocenters. The molecule has 1 heterocycles. The maximum absolute atomic E-state index is 5.26. The van der Waals surface area contributed by atoms with Gasteiger partial charge in [0.1, 0.15) is 18.8 Å². The molecular weight excluding hydrogens is 210 g/mol. The number of nitrogens with zero attached hydrogens (tertiary/aromatic N) is 1. The van der Waals surface area contributed by atoms with Crippen molar-refractivity contribution in [2.75, 3.05) is 20.2 Å². The molecule has 0 atom stereocenters. The number of benzene rings is 1. The summed E-state index contributed by atoms with van der Waals surface area (Å²) in [6, 6.07) is 6.26. The normalized spacial score (nSPS) is 15.5. The molecule has 1 aliphatic heterocycles. The highest BCUT2D eigenvalue weighted by Crippen LogP contribution is 2.17. The molecule has 0 N–H and O–H groups in total. The van der Waals surface area contributed by atoms with E-state index in [1.54, 1.807) is 7.11 Å². The maximum atomic E-state index is 5.26. The van der Waals surface area contributed by atoms with E-state index >= 15 is 0 Å². The maximum Gasteiger partial charge on any atom is 0.163 e. The minimum atomic E-state index is 0.922. The van der Waals surface area contributed by atoms with Crippen LogP contribution in [0.25, 0.3) is 6.08 Å². The van der Waals surface area contributed by atoms with Gasteiger partial charge in [0.2, 0.25) is 0 Å². The molecule has 0 saturated carbocycles. The highest BCUT2D eigenvalue weighted by Gasteiger charge is 2.10. The molecule has 1 aromatic rings. The van der Waals surface area contributed by atoms with E-state index in [-0.39, 0.29) is 0 Å². The molecule has 0 spiro atoms. The van der Waals surface area contributed by atoms with Gasteiger partial charge in [-0.1, -0.05) is 6.07 Å². The number of aryl methyl sites for hydroxylation is 1. The molecule has 0 radical (unpaired) electrons. The van der Waals surface area contributed by atoms with E-state index < -0.39 is 0 Å². The standard InChI is InChI=1S/C15H20NO/c1-13-10-14(12-15(11-13)17-2)6-5-9-16-7-3-4-8-16/h5-6,9-12H,3-4,7-8H2,1-2H3/q+1/b6-5+. The van der Waals surface area contributed by atoms with E-state index in [0.717, 1.165) is 5.75 Å². The highest BCUT2D eigenvalue weighted by atomic mass is 16.5. The Morgan fingerprint density at radius 2 is 1.94 bits per heavy atom. The van der Waals surface area contributed by atoms with Crippen LogP contribution in [0.3, 0.4) is 0 Å². The van der Waals surface area contributed by atoms with Gasteiger partial charge in [-0.25, -0.2) is 4.58 Å². The second-order valence-electron chi connectivity index (χ2n) is 4.53. The van der Waals surface area contributed by atoms with Crippen LogP contribution >= 0.6 is 0 Å².